The molecule has 0 saturated carbocycles. The number of unbranched alkanes of at least 4 members (excludes halogenated alkanes) is 2. The van der Waals surface area contributed by atoms with Gasteiger partial charge >= 0.3 is 30.1 Å². The van der Waals surface area contributed by atoms with Gasteiger partial charge in [-0.2, -0.15) is 48.5 Å². The Hall–Kier alpha value is -7.21. The van der Waals surface area contributed by atoms with Crippen LogP contribution in [-0.4, -0.2) is 278 Å². The first kappa shape index (κ1) is 86.4. The van der Waals surface area contributed by atoms with Crippen molar-refractivity contribution in [3.05, 3.63) is 70.3 Å². The van der Waals surface area contributed by atoms with Crippen LogP contribution in [0, 0.1) is 11.8 Å². The van der Waals surface area contributed by atoms with E-state index < -0.39 is 157 Å². The number of ketones is 3. The maximum Gasteiger partial charge on any atom is 0.416 e. The number of aliphatic carboxylic acids is 4. The first-order valence-corrected chi connectivity index (χ1v) is 38.0. The Kier molecular flexibility index (Phi) is 36.9. The van der Waals surface area contributed by atoms with E-state index in [1.165, 1.54) is 46.4 Å². The molecule has 2 aromatic carbocycles. The number of carbonyl (C=O) groups is 13. The second-order valence-electron chi connectivity index (χ2n) is 26.4. The van der Waals surface area contributed by atoms with Crippen molar-refractivity contribution in [3.8, 4) is 0 Å². The molecule has 7 atom stereocenters. The summed E-state index contributed by atoms with van der Waals surface area (Å²) in [6, 6.07) is 3.26. The zero-order valence-electron chi connectivity index (χ0n) is 58.6. The van der Waals surface area contributed by atoms with E-state index in [4.69, 9.17) is 5.73 Å². The van der Waals surface area contributed by atoms with Crippen LogP contribution in [0.2, 0.25) is 0 Å². The van der Waals surface area contributed by atoms with Crippen molar-refractivity contribution in [1.29, 1.82) is 0 Å². The summed E-state index contributed by atoms with van der Waals surface area (Å²) in [6.07, 6.45) is -5.99. The van der Waals surface area contributed by atoms with Crippen molar-refractivity contribution in [1.82, 2.24) is 45.3 Å². The Morgan fingerprint density at radius 3 is 1.78 bits per heavy atom. The van der Waals surface area contributed by atoms with Gasteiger partial charge in [0.25, 0.3) is 0 Å². The van der Waals surface area contributed by atoms with E-state index in [2.05, 4.69) is 16.0 Å². The number of amides is 6. The molecule has 3 aliphatic heterocycles. The van der Waals surface area contributed by atoms with Crippen LogP contribution >= 0.6 is 35.3 Å². The Labute approximate surface area is 610 Å². The molecule has 5 rings (SSSR count). The molecule has 2 saturated heterocycles. The number of likely N-dealkylation sites (N-methyl/N-ethyl adjacent to an activating group) is 1. The van der Waals surface area contributed by atoms with Crippen LogP contribution < -0.4 is 21.7 Å². The molecule has 2 fully saturated rings. The van der Waals surface area contributed by atoms with E-state index in [1.54, 1.807) is 14.7 Å². The number of fused-ring (bicyclic) bond motifs is 3. The van der Waals surface area contributed by atoms with Gasteiger partial charge in [-0.05, 0) is 73.1 Å². The Morgan fingerprint density at radius 2 is 1.23 bits per heavy atom. The number of carboxylic acid groups (broad SMARTS) is 4. The number of hydrogen-bond acceptors (Lipinski definition) is 21. The fourth-order valence-electron chi connectivity index (χ4n) is 12.4. The van der Waals surface area contributed by atoms with E-state index >= 15 is 0 Å². The number of nitrogens with two attached hydrogens (primary N) is 1. The predicted molar refractivity (Wildman–Crippen MR) is 379 cm³/mol. The van der Waals surface area contributed by atoms with Crippen molar-refractivity contribution >= 4 is 112 Å². The maximum absolute atomic E-state index is 14.5. The average Bonchev–Trinajstić information content (AvgIpc) is 1.55. The van der Waals surface area contributed by atoms with Gasteiger partial charge in [-0.3, -0.25) is 81.9 Å². The first-order chi connectivity index (χ1) is 48.8. The normalized spacial score (nSPS) is 22.2. The smallest absolute Gasteiger partial charge is 0.416 e. The summed E-state index contributed by atoms with van der Waals surface area (Å²) in [5.41, 5.74) is 6.16. The highest BCUT2D eigenvalue weighted by Crippen LogP contribution is 2.33. The maximum atomic E-state index is 14.5. The van der Waals surface area contributed by atoms with E-state index in [0.717, 1.165) is 60.9 Å². The van der Waals surface area contributed by atoms with Gasteiger partial charge in [0, 0.05) is 133 Å². The molecule has 0 aromatic heterocycles. The van der Waals surface area contributed by atoms with E-state index in [-0.39, 0.29) is 140 Å². The van der Waals surface area contributed by atoms with Crippen LogP contribution in [0.1, 0.15) is 119 Å². The van der Waals surface area contributed by atoms with Crippen LogP contribution in [0.3, 0.4) is 0 Å². The third-order valence-electron chi connectivity index (χ3n) is 17.8. The number of halogens is 3. The van der Waals surface area contributed by atoms with E-state index in [0.29, 0.717) is 42.1 Å². The minimum atomic E-state index is -4.95. The van der Waals surface area contributed by atoms with Crippen LogP contribution in [-0.2, 0) is 92.2 Å². The van der Waals surface area contributed by atoms with Gasteiger partial charge in [-0.1, -0.05) is 56.2 Å². The van der Waals surface area contributed by atoms with Crippen molar-refractivity contribution in [2.24, 2.45) is 17.6 Å². The van der Waals surface area contributed by atoms with Crippen molar-refractivity contribution in [3.63, 3.8) is 0 Å². The number of aliphatic hydroxyl groups excluding tert-OH is 1. The van der Waals surface area contributed by atoms with Gasteiger partial charge in [0.15, 0.2) is 5.78 Å². The molecule has 0 unspecified atom stereocenters. The van der Waals surface area contributed by atoms with Gasteiger partial charge in [-0.15, -0.1) is 0 Å². The van der Waals surface area contributed by atoms with Gasteiger partial charge in [0.05, 0.1) is 62.3 Å². The molecule has 103 heavy (non-hydrogen) atoms. The van der Waals surface area contributed by atoms with Gasteiger partial charge in [0.1, 0.15) is 29.7 Å². The standard InChI is InChI=1S/C69H99F3N10O18S3/c1-4-5-6-12-51(84)31-49-42-102-40-46-28-45(39-101-27-10-13-52(85)34-78-19-21-79(36-60(89)90)23-25-81(38-62(93)94)26-24-80(22-20-78)37-61(91)92)29-47(30-46)41-103-43-50(68(99)100)33-57(86)55(32-48-11-7-8-14-53(48)69(70,71)72)75-64(95)54(16-17-58(73)87)74-66(97)63(44(2)83)76-65(96)56-15-9-18-82(56)59(88)35-77(3)67(49)98/h7-8,11,14,28-30,44,49-50,54-56,63,83H,4-6,9-10,12-13,15-27,31-43H2,1-3H3,(H2,73,87)(H,74,97)(H,75,95)(H,76,96)(H,89,90)(H,91,92)(H,93,94)(H,99,100)/t44-,49+,50+,54+,55+,56+,63+/m1/s1. The number of carbonyl (C=O) groups excluding carboxylic acids is 9. The minimum Gasteiger partial charge on any atom is -0.481 e. The highest BCUT2D eigenvalue weighted by atomic mass is 32.2. The largest absolute Gasteiger partial charge is 0.481 e. The summed E-state index contributed by atoms with van der Waals surface area (Å²) in [6.45, 7) is 3.62. The zero-order valence-corrected chi connectivity index (χ0v) is 61.0. The van der Waals surface area contributed by atoms with Crippen LogP contribution in [0.15, 0.2) is 42.5 Å². The number of aliphatic hydroxyl groups is 1. The Morgan fingerprint density at radius 1 is 0.680 bits per heavy atom. The molecule has 0 aliphatic carbocycles. The number of carboxylic acids is 4. The average molecular weight is 1510 g/mol. The summed E-state index contributed by atoms with van der Waals surface area (Å²) >= 11 is 4.02. The number of primary amides is 1. The Balaban J connectivity index is 1.45. The Bertz CT molecular complexity index is 3230. The number of rotatable bonds is 27. The monoisotopic (exact) mass is 1510 g/mol. The van der Waals surface area contributed by atoms with Crippen LogP contribution in [0.25, 0.3) is 0 Å². The lowest BCUT2D eigenvalue weighted by Crippen LogP contribution is -2.60. The number of thioether (sulfide) groups is 3. The third-order valence-corrected chi connectivity index (χ3v) is 21.3. The second kappa shape index (κ2) is 43.9. The molecule has 34 heteroatoms. The quantitative estimate of drug-likeness (QED) is 0.0581. The molecule has 6 amide bonds. The highest BCUT2D eigenvalue weighted by molar-refractivity contribution is 7.99. The van der Waals surface area contributed by atoms with Crippen molar-refractivity contribution < 1.29 is 101 Å². The number of nitrogens with zero attached hydrogens (tertiary/aromatic N) is 6. The van der Waals surface area contributed by atoms with E-state index in [1.807, 2.05) is 30.0 Å². The van der Waals surface area contributed by atoms with Crippen molar-refractivity contribution in [2.75, 3.05) is 116 Å². The van der Waals surface area contributed by atoms with Gasteiger partial charge in [-0.25, -0.2) is 0 Å². The fourth-order valence-corrected chi connectivity index (χ4v) is 15.4. The minimum absolute atomic E-state index is 0.00339. The summed E-state index contributed by atoms with van der Waals surface area (Å²) in [5.74, 6) is -12.4. The van der Waals surface area contributed by atoms with Gasteiger partial charge < -0.3 is 57.0 Å². The summed E-state index contributed by atoms with van der Waals surface area (Å²) in [5, 5.41) is 57.6. The SMILES string of the molecule is CCCCCC(=O)C[C@H]1CSCc2cc(CSCCCC(=O)CN3CCN(CC(=O)O)CCN(CC(=O)O)CCN(CC(=O)O)CC3)cc(c2)CSC[C@@H](C(=O)O)CC(=O)[C@H](Cc2ccccc2C(F)(F)F)NC(=O)[C@H](CCC(N)=O)NC(=O)[C@H]([C@@H](C)O)NC(=O)[C@@H]2CCCN2C(=O)CN(C)C1=O. The third kappa shape index (κ3) is 31.2. The molecule has 28 nitrogen and oxygen atoms in total. The lowest BCUT2D eigenvalue weighted by Gasteiger charge is -2.32. The predicted octanol–water partition coefficient (Wildman–Crippen LogP) is 2.85. The van der Waals surface area contributed by atoms with Crippen molar-refractivity contribution in [2.45, 2.75) is 151 Å². The molecule has 10 N–H and O–H groups in total. The lowest BCUT2D eigenvalue weighted by atomic mass is 9.93. The topological polar surface area (TPSA) is 405 Å². The highest BCUT2D eigenvalue weighted by Gasteiger charge is 2.41. The number of alkyl halides is 3. The number of benzene rings is 2. The molecule has 3 heterocycles. The fraction of sp³-hybridized carbons (Fsp3) is 0.638. The second-order valence-corrected chi connectivity index (χ2v) is 29.6. The zero-order chi connectivity index (χ0) is 75.9. The summed E-state index contributed by atoms with van der Waals surface area (Å²) in [4.78, 5) is 183. The molecule has 2 bridgehead atoms. The first-order valence-electron chi connectivity index (χ1n) is 34.6. The molecular weight excluding hydrogens is 1410 g/mol. The molecule has 572 valence electrons. The summed E-state index contributed by atoms with van der Waals surface area (Å²) < 4.78 is 43.5. The molecule has 0 radical (unpaired) electrons. The van der Waals surface area contributed by atoms with Crippen LogP contribution in [0.5, 0.6) is 0 Å². The molecular formula is C69H99F3N10O18S3. The van der Waals surface area contributed by atoms with E-state index in [9.17, 15) is 101 Å². The van der Waals surface area contributed by atoms with Gasteiger partial charge in [0.2, 0.25) is 35.4 Å². The molecule has 3 aliphatic rings. The van der Waals surface area contributed by atoms with Crippen LogP contribution in [0.4, 0.5) is 13.2 Å². The molecule has 0 spiro atoms. The number of hydrogen-bond donors (Lipinski definition) is 9. The number of Topliss-reactive ketones (excluding diaryl/α,β-unsaturated/α-hetero) is 3. The lowest BCUT2D eigenvalue weighted by molar-refractivity contribution is -0.145. The summed E-state index contributed by atoms with van der Waals surface area (Å²) in [7, 11) is 1.41. The molecule has 2 aromatic rings. The number of nitrogens with one attached hydrogen (secondary N) is 3.